The summed E-state index contributed by atoms with van der Waals surface area (Å²) in [4.78, 5) is 21.9. The van der Waals surface area contributed by atoms with Crippen LogP contribution in [0.2, 0.25) is 0 Å². The molecule has 0 aliphatic heterocycles. The molecule has 2 aromatic carbocycles. The van der Waals surface area contributed by atoms with Crippen LogP contribution in [0.1, 0.15) is 0 Å². The van der Waals surface area contributed by atoms with E-state index < -0.39 is 21.7 Å². The van der Waals surface area contributed by atoms with E-state index in [-0.39, 0.29) is 9.79 Å². The fraction of sp³-hybridized carbons (Fsp3) is 0. The number of carboxylic acid groups (broad SMARTS) is 1. The Bertz CT molecular complexity index is 933. The van der Waals surface area contributed by atoms with Crippen molar-refractivity contribution in [2.75, 3.05) is 5.32 Å². The highest BCUT2D eigenvalue weighted by molar-refractivity contribution is 7.91. The molecule has 0 radical (unpaired) electrons. The topological polar surface area (TPSA) is 137 Å². The van der Waals surface area contributed by atoms with E-state index in [0.717, 1.165) is 6.08 Å². The average Bonchev–Trinajstić information content (AvgIpc) is 2.60. The lowest BCUT2D eigenvalue weighted by atomic mass is 10.3. The molecule has 0 atom stereocenters. The maximum absolute atomic E-state index is 12.5. The number of benzene rings is 2. The summed E-state index contributed by atoms with van der Waals surface area (Å²) < 4.78 is 25.0. The highest BCUT2D eigenvalue weighted by Gasteiger charge is 2.17. The van der Waals surface area contributed by atoms with Crippen LogP contribution in [0, 0.1) is 5.53 Å². The molecule has 0 saturated carbocycles. The molecule has 0 fully saturated rings. The van der Waals surface area contributed by atoms with Gasteiger partial charge in [0.15, 0.2) is 0 Å². The van der Waals surface area contributed by atoms with Crippen LogP contribution in [0.25, 0.3) is 0 Å². The van der Waals surface area contributed by atoms with Crippen LogP contribution in [0.3, 0.4) is 0 Å². The number of anilines is 1. The monoisotopic (exact) mass is 359 g/mol. The number of aliphatic carboxylic acids is 1. The number of nitrogens with zero attached hydrogens (tertiary/aromatic N) is 1. The van der Waals surface area contributed by atoms with Crippen LogP contribution < -0.4 is 5.32 Å². The SMILES string of the molecule is N=Nc1ccc(S(=O)(=O)c2ccc(NC(=O)/C=C\C(=O)O)cc2)cc1. The first-order chi connectivity index (χ1) is 11.8. The maximum atomic E-state index is 12.5. The summed E-state index contributed by atoms with van der Waals surface area (Å²) in [6.45, 7) is 0. The van der Waals surface area contributed by atoms with Gasteiger partial charge in [0.25, 0.3) is 0 Å². The Morgan fingerprint density at radius 1 is 0.960 bits per heavy atom. The van der Waals surface area contributed by atoms with Gasteiger partial charge in [0.05, 0.1) is 15.5 Å². The fourth-order valence-electron chi connectivity index (χ4n) is 1.88. The van der Waals surface area contributed by atoms with Gasteiger partial charge in [-0.25, -0.2) is 18.7 Å². The van der Waals surface area contributed by atoms with Gasteiger partial charge in [-0.2, -0.15) is 5.11 Å². The van der Waals surface area contributed by atoms with Crippen LogP contribution >= 0.6 is 0 Å². The smallest absolute Gasteiger partial charge is 0.328 e. The summed E-state index contributed by atoms with van der Waals surface area (Å²) in [5.74, 6) is -1.89. The van der Waals surface area contributed by atoms with Gasteiger partial charge in [-0.05, 0) is 48.5 Å². The lowest BCUT2D eigenvalue weighted by Crippen LogP contribution is -2.09. The van der Waals surface area contributed by atoms with Gasteiger partial charge in [-0.15, -0.1) is 0 Å². The van der Waals surface area contributed by atoms with E-state index in [4.69, 9.17) is 10.6 Å². The van der Waals surface area contributed by atoms with Crippen molar-refractivity contribution in [2.24, 2.45) is 5.11 Å². The molecule has 0 spiro atoms. The molecular formula is C16H13N3O5S. The van der Waals surface area contributed by atoms with E-state index in [0.29, 0.717) is 17.5 Å². The zero-order chi connectivity index (χ0) is 18.4. The van der Waals surface area contributed by atoms with Crippen LogP contribution in [-0.2, 0) is 19.4 Å². The number of carbonyl (C=O) groups is 2. The fourth-order valence-corrected chi connectivity index (χ4v) is 3.15. The third kappa shape index (κ3) is 4.58. The summed E-state index contributed by atoms with van der Waals surface area (Å²) in [6.07, 6.45) is 1.55. The highest BCUT2D eigenvalue weighted by Crippen LogP contribution is 2.24. The largest absolute Gasteiger partial charge is 0.478 e. The quantitative estimate of drug-likeness (QED) is 0.538. The number of rotatable bonds is 6. The molecule has 0 aliphatic rings. The van der Waals surface area contributed by atoms with Crippen molar-refractivity contribution in [2.45, 2.75) is 9.79 Å². The number of carboxylic acids is 1. The Labute approximate surface area is 143 Å². The third-order valence-corrected chi connectivity index (χ3v) is 4.87. The number of amides is 1. The molecule has 2 rings (SSSR count). The highest BCUT2D eigenvalue weighted by atomic mass is 32.2. The zero-order valence-electron chi connectivity index (χ0n) is 12.7. The van der Waals surface area contributed by atoms with E-state index >= 15 is 0 Å². The molecule has 0 bridgehead atoms. The third-order valence-electron chi connectivity index (χ3n) is 3.09. The van der Waals surface area contributed by atoms with Crippen molar-refractivity contribution in [3.63, 3.8) is 0 Å². The number of hydrogen-bond acceptors (Lipinski definition) is 6. The zero-order valence-corrected chi connectivity index (χ0v) is 13.5. The van der Waals surface area contributed by atoms with Gasteiger partial charge >= 0.3 is 5.97 Å². The van der Waals surface area contributed by atoms with Crippen molar-refractivity contribution in [3.05, 3.63) is 60.7 Å². The Morgan fingerprint density at radius 3 is 1.96 bits per heavy atom. The van der Waals surface area contributed by atoms with E-state index in [1.165, 1.54) is 48.5 Å². The maximum Gasteiger partial charge on any atom is 0.328 e. The number of hydrogen-bond donors (Lipinski definition) is 3. The Hall–Kier alpha value is -3.33. The molecule has 0 aromatic heterocycles. The van der Waals surface area contributed by atoms with Gasteiger partial charge < -0.3 is 10.4 Å². The van der Waals surface area contributed by atoms with E-state index in [1.807, 2.05) is 0 Å². The van der Waals surface area contributed by atoms with Crippen LogP contribution in [0.15, 0.2) is 75.6 Å². The van der Waals surface area contributed by atoms with Crippen LogP contribution in [0.4, 0.5) is 11.4 Å². The summed E-state index contributed by atoms with van der Waals surface area (Å²) in [6, 6.07) is 11.0. The second kappa shape index (κ2) is 7.49. The number of nitrogens with one attached hydrogen (secondary N) is 2. The lowest BCUT2D eigenvalue weighted by Gasteiger charge is -2.07. The Kier molecular flexibility index (Phi) is 5.40. The van der Waals surface area contributed by atoms with Crippen molar-refractivity contribution in [1.82, 2.24) is 0 Å². The first-order valence-electron chi connectivity index (χ1n) is 6.87. The molecule has 3 N–H and O–H groups in total. The Balaban J connectivity index is 2.19. The summed E-state index contributed by atoms with van der Waals surface area (Å²) in [7, 11) is -3.74. The van der Waals surface area contributed by atoms with E-state index in [2.05, 4.69) is 10.4 Å². The van der Waals surface area contributed by atoms with Crippen LogP contribution in [-0.4, -0.2) is 25.4 Å². The second-order valence-corrected chi connectivity index (χ2v) is 6.74. The van der Waals surface area contributed by atoms with Crippen LogP contribution in [0.5, 0.6) is 0 Å². The molecule has 0 saturated heterocycles. The summed E-state index contributed by atoms with van der Waals surface area (Å²) in [5.41, 5.74) is 7.53. The molecule has 9 heteroatoms. The minimum Gasteiger partial charge on any atom is -0.478 e. The first-order valence-corrected chi connectivity index (χ1v) is 8.36. The predicted octanol–water partition coefficient (Wildman–Crippen LogP) is 2.76. The van der Waals surface area contributed by atoms with E-state index in [1.54, 1.807) is 0 Å². The van der Waals surface area contributed by atoms with Gasteiger partial charge in [0.1, 0.15) is 0 Å². The Morgan fingerprint density at radius 2 is 1.48 bits per heavy atom. The average molecular weight is 359 g/mol. The molecule has 25 heavy (non-hydrogen) atoms. The van der Waals surface area contributed by atoms with Gasteiger partial charge in [-0.3, -0.25) is 4.79 Å². The van der Waals surface area contributed by atoms with Gasteiger partial charge in [0, 0.05) is 17.8 Å². The number of sulfone groups is 1. The van der Waals surface area contributed by atoms with Crippen molar-refractivity contribution in [1.29, 1.82) is 5.53 Å². The molecule has 8 nitrogen and oxygen atoms in total. The minimum atomic E-state index is -3.74. The first kappa shape index (κ1) is 18.0. The molecule has 0 aliphatic carbocycles. The molecule has 0 unspecified atom stereocenters. The summed E-state index contributed by atoms with van der Waals surface area (Å²) in [5, 5.41) is 14.1. The molecular weight excluding hydrogens is 346 g/mol. The molecule has 1 amide bonds. The van der Waals surface area contributed by atoms with Crippen molar-refractivity contribution < 1.29 is 23.1 Å². The second-order valence-electron chi connectivity index (χ2n) is 4.79. The van der Waals surface area contributed by atoms with Gasteiger partial charge in [-0.1, -0.05) is 0 Å². The minimum absolute atomic E-state index is 0.0298. The predicted molar refractivity (Wildman–Crippen MR) is 88.5 cm³/mol. The van der Waals surface area contributed by atoms with Crippen molar-refractivity contribution >= 4 is 33.1 Å². The number of carbonyl (C=O) groups excluding carboxylic acids is 1. The summed E-state index contributed by atoms with van der Waals surface area (Å²) >= 11 is 0. The van der Waals surface area contributed by atoms with Crippen molar-refractivity contribution in [3.8, 4) is 0 Å². The standard InChI is InChI=1S/C16H13N3O5S/c17-19-12-3-7-14(8-4-12)25(23,24)13-5-1-11(2-6-13)18-15(20)9-10-16(21)22/h1-10,17H,(H,18,20)(H,21,22)/b10-9-,19-17?. The molecule has 128 valence electrons. The molecule has 0 heterocycles. The van der Waals surface area contributed by atoms with E-state index in [9.17, 15) is 18.0 Å². The lowest BCUT2D eigenvalue weighted by molar-refractivity contribution is -0.131. The van der Waals surface area contributed by atoms with Gasteiger partial charge in [0.2, 0.25) is 15.7 Å². The normalized spacial score (nSPS) is 11.2. The molecule has 2 aromatic rings.